The van der Waals surface area contributed by atoms with Crippen LogP contribution in [0.3, 0.4) is 0 Å². The fourth-order valence-corrected chi connectivity index (χ4v) is 3.29. The summed E-state index contributed by atoms with van der Waals surface area (Å²) in [6.07, 6.45) is 0. The maximum atomic E-state index is 11.9. The number of hydrogen-bond donors (Lipinski definition) is 0. The minimum atomic E-state index is -1.19. The van der Waals surface area contributed by atoms with Crippen molar-refractivity contribution in [3.8, 4) is 0 Å². The van der Waals surface area contributed by atoms with Crippen molar-refractivity contribution in [3.05, 3.63) is 33.8 Å². The Labute approximate surface area is 119 Å². The lowest BCUT2D eigenvalue weighted by Gasteiger charge is -2.09. The molecule has 0 amide bonds. The average Bonchev–Trinajstić information content (AvgIpc) is 2.32. The molecule has 0 saturated heterocycles. The van der Waals surface area contributed by atoms with E-state index < -0.39 is 16.7 Å². The fraction of sp³-hybridized carbons (Fsp3) is 0.417. The summed E-state index contributed by atoms with van der Waals surface area (Å²) in [4.78, 5) is 11.2. The smallest absolute Gasteiger partial charge is 0.309 e. The molecular formula is C12H14Cl2O3S. The molecule has 0 radical (unpaired) electrons. The first-order valence-electron chi connectivity index (χ1n) is 5.30. The monoisotopic (exact) mass is 308 g/mol. The molecule has 18 heavy (non-hydrogen) atoms. The molecule has 0 spiro atoms. The maximum Gasteiger partial charge on any atom is 0.309 e. The van der Waals surface area contributed by atoms with E-state index in [1.54, 1.807) is 25.1 Å². The van der Waals surface area contributed by atoms with Gasteiger partial charge >= 0.3 is 5.97 Å². The van der Waals surface area contributed by atoms with Crippen LogP contribution in [0.15, 0.2) is 18.2 Å². The Morgan fingerprint density at radius 2 is 2.11 bits per heavy atom. The Kier molecular flexibility index (Phi) is 6.12. The fourth-order valence-electron chi connectivity index (χ4n) is 1.43. The van der Waals surface area contributed by atoms with Gasteiger partial charge in [-0.1, -0.05) is 30.1 Å². The Bertz CT molecular complexity index is 463. The quantitative estimate of drug-likeness (QED) is 0.785. The van der Waals surface area contributed by atoms with E-state index in [-0.39, 0.29) is 17.5 Å². The van der Waals surface area contributed by atoms with Crippen molar-refractivity contribution < 1.29 is 13.7 Å². The van der Waals surface area contributed by atoms with Gasteiger partial charge in [0.05, 0.1) is 18.8 Å². The van der Waals surface area contributed by atoms with Crippen LogP contribution in [-0.4, -0.2) is 23.0 Å². The molecule has 2 unspecified atom stereocenters. The second-order valence-corrected chi connectivity index (χ2v) is 6.26. The molecule has 1 aromatic carbocycles. The summed E-state index contributed by atoms with van der Waals surface area (Å²) in [6, 6.07) is 5.03. The van der Waals surface area contributed by atoms with Crippen LogP contribution in [0.4, 0.5) is 0 Å². The second kappa shape index (κ2) is 7.12. The lowest BCUT2D eigenvalue weighted by Crippen LogP contribution is -2.20. The van der Waals surface area contributed by atoms with Crippen molar-refractivity contribution in [3.63, 3.8) is 0 Å². The summed E-state index contributed by atoms with van der Waals surface area (Å²) in [5, 5.41) is 1.07. The molecule has 1 aromatic rings. The van der Waals surface area contributed by atoms with Crippen LogP contribution in [0.2, 0.25) is 10.0 Å². The summed E-state index contributed by atoms with van der Waals surface area (Å²) in [5.41, 5.74) is 0.722. The zero-order chi connectivity index (χ0) is 13.7. The maximum absolute atomic E-state index is 11.9. The van der Waals surface area contributed by atoms with Crippen LogP contribution in [0.1, 0.15) is 12.5 Å². The molecule has 0 aliphatic heterocycles. The average molecular weight is 309 g/mol. The van der Waals surface area contributed by atoms with Crippen molar-refractivity contribution in [2.75, 3.05) is 12.9 Å². The van der Waals surface area contributed by atoms with E-state index in [4.69, 9.17) is 23.2 Å². The molecule has 0 bridgehead atoms. The zero-order valence-electron chi connectivity index (χ0n) is 10.1. The predicted molar refractivity (Wildman–Crippen MR) is 74.4 cm³/mol. The van der Waals surface area contributed by atoms with Crippen LogP contribution < -0.4 is 0 Å². The number of rotatable bonds is 5. The van der Waals surface area contributed by atoms with E-state index in [1.165, 1.54) is 7.11 Å². The van der Waals surface area contributed by atoms with E-state index in [2.05, 4.69) is 4.74 Å². The van der Waals surface area contributed by atoms with Gasteiger partial charge in [-0.25, -0.2) is 0 Å². The van der Waals surface area contributed by atoms with Gasteiger partial charge in [0.2, 0.25) is 0 Å². The minimum Gasteiger partial charge on any atom is -0.469 e. The van der Waals surface area contributed by atoms with E-state index >= 15 is 0 Å². The summed E-state index contributed by atoms with van der Waals surface area (Å²) in [7, 11) is 0.129. The van der Waals surface area contributed by atoms with Gasteiger partial charge in [-0.3, -0.25) is 9.00 Å². The lowest BCUT2D eigenvalue weighted by molar-refractivity contribution is -0.144. The van der Waals surface area contributed by atoms with E-state index in [0.717, 1.165) is 5.56 Å². The number of benzene rings is 1. The number of carbonyl (C=O) groups is 1. The van der Waals surface area contributed by atoms with Gasteiger partial charge in [0.15, 0.2) is 0 Å². The molecule has 0 fully saturated rings. The summed E-state index contributed by atoms with van der Waals surface area (Å²) in [5.74, 6) is -0.231. The molecule has 1 rings (SSSR count). The van der Waals surface area contributed by atoms with Gasteiger partial charge in [0.25, 0.3) is 0 Å². The first kappa shape index (κ1) is 15.5. The highest BCUT2D eigenvalue weighted by molar-refractivity contribution is 7.84. The van der Waals surface area contributed by atoms with E-state index in [0.29, 0.717) is 10.0 Å². The Morgan fingerprint density at radius 1 is 1.44 bits per heavy atom. The van der Waals surface area contributed by atoms with Crippen molar-refractivity contribution >= 4 is 40.0 Å². The third kappa shape index (κ3) is 4.59. The highest BCUT2D eigenvalue weighted by Gasteiger charge is 2.17. The predicted octanol–water partition coefficient (Wildman–Crippen LogP) is 3.05. The Hall–Kier alpha value is -0.580. The topological polar surface area (TPSA) is 43.4 Å². The molecule has 0 heterocycles. The van der Waals surface area contributed by atoms with Crippen molar-refractivity contribution in [2.24, 2.45) is 5.92 Å². The molecule has 3 nitrogen and oxygen atoms in total. The first-order chi connectivity index (χ1) is 8.43. The molecule has 0 N–H and O–H groups in total. The highest BCUT2D eigenvalue weighted by Crippen LogP contribution is 2.22. The van der Waals surface area contributed by atoms with Crippen molar-refractivity contribution in [1.29, 1.82) is 0 Å². The molecule has 6 heteroatoms. The highest BCUT2D eigenvalue weighted by atomic mass is 35.5. The van der Waals surface area contributed by atoms with Crippen LogP contribution >= 0.6 is 23.2 Å². The van der Waals surface area contributed by atoms with Gasteiger partial charge in [0.1, 0.15) is 0 Å². The van der Waals surface area contributed by atoms with Gasteiger partial charge in [-0.15, -0.1) is 0 Å². The number of esters is 1. The molecule has 0 aliphatic carbocycles. The van der Waals surface area contributed by atoms with E-state index in [9.17, 15) is 9.00 Å². The lowest BCUT2D eigenvalue weighted by atomic mass is 10.2. The van der Waals surface area contributed by atoms with Gasteiger partial charge in [-0.2, -0.15) is 0 Å². The van der Waals surface area contributed by atoms with Gasteiger partial charge in [-0.05, 0) is 23.8 Å². The first-order valence-corrected chi connectivity index (χ1v) is 7.55. The molecule has 0 aromatic heterocycles. The molecule has 2 atom stereocenters. The Balaban J connectivity index is 2.65. The van der Waals surface area contributed by atoms with Crippen LogP contribution in [0.25, 0.3) is 0 Å². The Morgan fingerprint density at radius 3 is 2.72 bits per heavy atom. The molecule has 0 aliphatic rings. The second-order valence-electron chi connectivity index (χ2n) is 3.91. The largest absolute Gasteiger partial charge is 0.469 e. The number of halogens is 2. The minimum absolute atomic E-state index is 0.246. The third-order valence-corrected chi connectivity index (χ3v) is 4.47. The summed E-state index contributed by atoms with van der Waals surface area (Å²) >= 11 is 11.8. The number of carbonyl (C=O) groups excluding carboxylic acids is 1. The third-order valence-electron chi connectivity index (χ3n) is 2.36. The molecule has 0 saturated carbocycles. The standard InChI is InChI=1S/C12H14Cl2O3S/c1-8(12(15)17-2)6-18(16)7-9-5-10(13)3-4-11(9)14/h3-5,8H,6-7H2,1-2H3. The number of methoxy groups -OCH3 is 1. The zero-order valence-corrected chi connectivity index (χ0v) is 12.4. The number of hydrogen-bond acceptors (Lipinski definition) is 3. The molecular weight excluding hydrogens is 295 g/mol. The van der Waals surface area contributed by atoms with Crippen molar-refractivity contribution in [1.82, 2.24) is 0 Å². The van der Waals surface area contributed by atoms with Crippen LogP contribution in [0, 0.1) is 5.92 Å². The summed E-state index contributed by atoms with van der Waals surface area (Å²) in [6.45, 7) is 1.68. The SMILES string of the molecule is COC(=O)C(C)CS(=O)Cc1cc(Cl)ccc1Cl. The van der Waals surface area contributed by atoms with Crippen LogP contribution in [-0.2, 0) is 26.1 Å². The van der Waals surface area contributed by atoms with Crippen LogP contribution in [0.5, 0.6) is 0 Å². The summed E-state index contributed by atoms with van der Waals surface area (Å²) < 4.78 is 16.5. The van der Waals surface area contributed by atoms with Gasteiger partial charge in [0, 0.05) is 26.6 Å². The van der Waals surface area contributed by atoms with E-state index in [1.807, 2.05) is 0 Å². The van der Waals surface area contributed by atoms with Gasteiger partial charge < -0.3 is 4.74 Å². The molecule has 100 valence electrons. The number of ether oxygens (including phenoxy) is 1. The van der Waals surface area contributed by atoms with Crippen molar-refractivity contribution in [2.45, 2.75) is 12.7 Å². The normalized spacial score (nSPS) is 14.0.